The van der Waals surface area contributed by atoms with Gasteiger partial charge >= 0.3 is 0 Å². The van der Waals surface area contributed by atoms with E-state index in [1.54, 1.807) is 0 Å². The summed E-state index contributed by atoms with van der Waals surface area (Å²) >= 11 is 0. The van der Waals surface area contributed by atoms with E-state index in [1.165, 1.54) is 5.52 Å². The molecule has 1 fully saturated rings. The summed E-state index contributed by atoms with van der Waals surface area (Å²) in [6.07, 6.45) is 3.96. The topological polar surface area (TPSA) is 47.4 Å². The zero-order valence-electron chi connectivity index (χ0n) is 15.7. The van der Waals surface area contributed by atoms with Gasteiger partial charge in [-0.15, -0.1) is 0 Å². The van der Waals surface area contributed by atoms with E-state index < -0.39 is 0 Å². The molecule has 1 amide bonds. The zero-order valence-corrected chi connectivity index (χ0v) is 15.7. The molecule has 1 aromatic heterocycles. The predicted molar refractivity (Wildman–Crippen MR) is 106 cm³/mol. The fraction of sp³-hybridized carbons (Fsp3) is 0.364. The molecule has 0 atom stereocenters. The van der Waals surface area contributed by atoms with Crippen LogP contribution in [0.3, 0.4) is 0 Å². The van der Waals surface area contributed by atoms with Crippen LogP contribution in [0.25, 0.3) is 11.0 Å². The van der Waals surface area contributed by atoms with E-state index in [2.05, 4.69) is 21.7 Å². The third kappa shape index (κ3) is 4.13. The van der Waals surface area contributed by atoms with Crippen molar-refractivity contribution in [1.29, 1.82) is 0 Å². The maximum Gasteiger partial charge on any atom is 0.260 e. The second-order valence-electron chi connectivity index (χ2n) is 7.31. The van der Waals surface area contributed by atoms with Gasteiger partial charge in [0.05, 0.1) is 17.4 Å². The molecule has 5 heteroatoms. The smallest absolute Gasteiger partial charge is 0.260 e. The van der Waals surface area contributed by atoms with Crippen molar-refractivity contribution in [3.8, 4) is 5.75 Å². The van der Waals surface area contributed by atoms with E-state index in [1.807, 2.05) is 54.5 Å². The molecule has 2 heterocycles. The van der Waals surface area contributed by atoms with Gasteiger partial charge in [-0.05, 0) is 55.5 Å². The molecule has 0 spiro atoms. The number of likely N-dealkylation sites (tertiary alicyclic amines) is 1. The summed E-state index contributed by atoms with van der Waals surface area (Å²) in [5.41, 5.74) is 3.36. The highest BCUT2D eigenvalue weighted by atomic mass is 16.5. The largest absolute Gasteiger partial charge is 0.484 e. The van der Waals surface area contributed by atoms with E-state index in [9.17, 15) is 4.79 Å². The first-order valence-corrected chi connectivity index (χ1v) is 9.56. The first-order valence-electron chi connectivity index (χ1n) is 9.56. The van der Waals surface area contributed by atoms with Crippen molar-refractivity contribution in [1.82, 2.24) is 14.5 Å². The van der Waals surface area contributed by atoms with Crippen LogP contribution in [0.4, 0.5) is 0 Å². The maximum atomic E-state index is 12.4. The van der Waals surface area contributed by atoms with Gasteiger partial charge in [-0.1, -0.05) is 24.3 Å². The summed E-state index contributed by atoms with van der Waals surface area (Å²) in [5.74, 6) is 1.40. The number of carbonyl (C=O) groups is 1. The molecule has 1 saturated heterocycles. The lowest BCUT2D eigenvalue weighted by atomic mass is 9.96. The molecule has 3 aromatic rings. The van der Waals surface area contributed by atoms with Crippen molar-refractivity contribution in [2.24, 2.45) is 5.92 Å². The van der Waals surface area contributed by atoms with Crippen molar-refractivity contribution in [3.63, 3.8) is 0 Å². The minimum Gasteiger partial charge on any atom is -0.484 e. The number of benzene rings is 2. The Morgan fingerprint density at radius 3 is 2.78 bits per heavy atom. The third-order valence-corrected chi connectivity index (χ3v) is 5.30. The number of aromatic nitrogens is 2. The van der Waals surface area contributed by atoms with E-state index in [0.717, 1.165) is 49.3 Å². The normalized spacial score (nSPS) is 15.2. The number of fused-ring (bicyclic) bond motifs is 1. The van der Waals surface area contributed by atoms with Gasteiger partial charge in [-0.3, -0.25) is 4.79 Å². The van der Waals surface area contributed by atoms with Gasteiger partial charge in [-0.2, -0.15) is 0 Å². The number of hydrogen-bond donors (Lipinski definition) is 0. The fourth-order valence-electron chi connectivity index (χ4n) is 3.74. The molecule has 140 valence electrons. The Balaban J connectivity index is 1.27. The first-order chi connectivity index (χ1) is 13.2. The molecule has 4 rings (SSSR count). The lowest BCUT2D eigenvalue weighted by molar-refractivity contribution is -0.134. The number of rotatable bonds is 5. The minimum atomic E-state index is 0.0723. The number of para-hydroxylation sites is 2. The molecule has 5 nitrogen and oxygen atoms in total. The maximum absolute atomic E-state index is 12.4. The highest BCUT2D eigenvalue weighted by molar-refractivity contribution is 5.78. The number of nitrogens with zero attached hydrogens (tertiary/aromatic N) is 3. The van der Waals surface area contributed by atoms with Gasteiger partial charge in [-0.25, -0.2) is 4.98 Å². The number of ether oxygens (including phenoxy) is 1. The number of carbonyl (C=O) groups excluding carboxylic acids is 1. The average Bonchev–Trinajstić information content (AvgIpc) is 3.10. The monoisotopic (exact) mass is 363 g/mol. The Labute approximate surface area is 159 Å². The molecule has 0 bridgehead atoms. The Hall–Kier alpha value is -2.82. The van der Waals surface area contributed by atoms with Crippen LogP contribution in [0, 0.1) is 12.8 Å². The summed E-state index contributed by atoms with van der Waals surface area (Å²) in [5, 5.41) is 0. The van der Waals surface area contributed by atoms with Crippen LogP contribution < -0.4 is 4.74 Å². The van der Waals surface area contributed by atoms with E-state index in [4.69, 9.17) is 4.74 Å². The van der Waals surface area contributed by atoms with E-state index >= 15 is 0 Å². The molecular formula is C22H25N3O2. The second kappa shape index (κ2) is 7.82. The quantitative estimate of drug-likeness (QED) is 0.695. The number of aryl methyl sites for hydroxylation is 1. The molecule has 0 unspecified atom stereocenters. The van der Waals surface area contributed by atoms with Crippen LogP contribution in [0.2, 0.25) is 0 Å². The predicted octanol–water partition coefficient (Wildman–Crippen LogP) is 3.66. The lowest BCUT2D eigenvalue weighted by Gasteiger charge is -2.32. The number of hydrogen-bond acceptors (Lipinski definition) is 3. The number of amides is 1. The molecule has 0 N–H and O–H groups in total. The summed E-state index contributed by atoms with van der Waals surface area (Å²) < 4.78 is 7.89. The number of imidazole rings is 1. The zero-order chi connectivity index (χ0) is 18.6. The molecular weight excluding hydrogens is 338 g/mol. The fourth-order valence-corrected chi connectivity index (χ4v) is 3.74. The summed E-state index contributed by atoms with van der Waals surface area (Å²) in [4.78, 5) is 18.8. The van der Waals surface area contributed by atoms with Gasteiger partial charge < -0.3 is 14.2 Å². The van der Waals surface area contributed by atoms with Crippen LogP contribution in [-0.4, -0.2) is 40.1 Å². The highest BCUT2D eigenvalue weighted by Crippen LogP contribution is 2.22. The van der Waals surface area contributed by atoms with Gasteiger partial charge in [0.2, 0.25) is 0 Å². The van der Waals surface area contributed by atoms with Crippen LogP contribution in [0.15, 0.2) is 54.9 Å². The van der Waals surface area contributed by atoms with Crippen molar-refractivity contribution < 1.29 is 9.53 Å². The second-order valence-corrected chi connectivity index (χ2v) is 7.31. The average molecular weight is 363 g/mol. The Morgan fingerprint density at radius 1 is 1.15 bits per heavy atom. The van der Waals surface area contributed by atoms with Crippen molar-refractivity contribution in [2.45, 2.75) is 26.3 Å². The standard InChI is InChI=1S/C22H25N3O2/c1-17-5-4-6-19(13-17)27-15-22(26)24-11-9-18(10-12-24)14-25-16-23-20-7-2-3-8-21(20)25/h2-8,13,16,18H,9-12,14-15H2,1H3. The third-order valence-electron chi connectivity index (χ3n) is 5.30. The Morgan fingerprint density at radius 2 is 1.96 bits per heavy atom. The molecule has 0 radical (unpaired) electrons. The summed E-state index contributed by atoms with van der Waals surface area (Å²) in [7, 11) is 0. The van der Waals surface area contributed by atoms with E-state index in [-0.39, 0.29) is 12.5 Å². The molecule has 27 heavy (non-hydrogen) atoms. The molecule has 1 aliphatic heterocycles. The summed E-state index contributed by atoms with van der Waals surface area (Å²) in [6.45, 7) is 4.69. The molecule has 0 aliphatic carbocycles. The minimum absolute atomic E-state index is 0.0723. The van der Waals surface area contributed by atoms with Crippen molar-refractivity contribution in [3.05, 3.63) is 60.4 Å². The number of piperidine rings is 1. The van der Waals surface area contributed by atoms with Crippen LogP contribution in [0.5, 0.6) is 5.75 Å². The lowest BCUT2D eigenvalue weighted by Crippen LogP contribution is -2.41. The van der Waals surface area contributed by atoms with Gasteiger partial charge in [0.25, 0.3) is 5.91 Å². The molecule has 1 aliphatic rings. The van der Waals surface area contributed by atoms with Gasteiger partial charge in [0.15, 0.2) is 6.61 Å². The highest BCUT2D eigenvalue weighted by Gasteiger charge is 2.23. The Kier molecular flexibility index (Phi) is 5.10. The van der Waals surface area contributed by atoms with Crippen LogP contribution >= 0.6 is 0 Å². The molecule has 2 aromatic carbocycles. The van der Waals surface area contributed by atoms with Gasteiger partial charge in [0, 0.05) is 19.6 Å². The first kappa shape index (κ1) is 17.6. The van der Waals surface area contributed by atoms with Crippen molar-refractivity contribution >= 4 is 16.9 Å². The van der Waals surface area contributed by atoms with Crippen LogP contribution in [0.1, 0.15) is 18.4 Å². The SMILES string of the molecule is Cc1cccc(OCC(=O)N2CCC(Cn3cnc4ccccc43)CC2)c1. The Bertz CT molecular complexity index is 926. The van der Waals surface area contributed by atoms with E-state index in [0.29, 0.717) is 5.92 Å². The molecule has 0 saturated carbocycles. The van der Waals surface area contributed by atoms with Crippen molar-refractivity contribution in [2.75, 3.05) is 19.7 Å². The van der Waals surface area contributed by atoms with Crippen LogP contribution in [-0.2, 0) is 11.3 Å². The summed E-state index contributed by atoms with van der Waals surface area (Å²) in [6, 6.07) is 16.0. The van der Waals surface area contributed by atoms with Gasteiger partial charge in [0.1, 0.15) is 5.75 Å².